The number of hydrogen-bond acceptors (Lipinski definition) is 3. The van der Waals surface area contributed by atoms with Crippen molar-refractivity contribution in [2.24, 2.45) is 0 Å². The molecule has 0 aliphatic carbocycles. The molecule has 1 saturated heterocycles. The molecule has 1 aromatic carbocycles. The van der Waals surface area contributed by atoms with Crippen molar-refractivity contribution in [3.63, 3.8) is 0 Å². The molecular weight excluding hydrogens is 284 g/mol. The Balaban J connectivity index is 1.71. The third-order valence-electron chi connectivity index (χ3n) is 4.15. The van der Waals surface area contributed by atoms with Crippen molar-refractivity contribution < 1.29 is 4.79 Å². The Hall–Kier alpha value is -0.900. The van der Waals surface area contributed by atoms with Crippen LogP contribution in [-0.2, 0) is 11.3 Å². The van der Waals surface area contributed by atoms with Crippen LogP contribution in [0.5, 0.6) is 0 Å². The average molecular weight is 309 g/mol. The minimum Gasteiger partial charge on any atom is -0.314 e. The largest absolute Gasteiger partial charge is 0.314 e. The minimum atomic E-state index is 0.611. The molecule has 0 atom stereocenters. The molecule has 1 aliphatic heterocycles. The second kappa shape index (κ2) is 8.52. The van der Waals surface area contributed by atoms with Crippen LogP contribution in [0.15, 0.2) is 18.2 Å². The highest BCUT2D eigenvalue weighted by Gasteiger charge is 2.18. The van der Waals surface area contributed by atoms with E-state index in [1.54, 1.807) is 0 Å². The fraction of sp³-hybridized carbons (Fsp3) is 0.588. The quantitative estimate of drug-likeness (QED) is 0.620. The fourth-order valence-electron chi connectivity index (χ4n) is 2.85. The van der Waals surface area contributed by atoms with Gasteiger partial charge in [0.05, 0.1) is 0 Å². The molecule has 3 nitrogen and oxygen atoms in total. The van der Waals surface area contributed by atoms with Gasteiger partial charge in [-0.05, 0) is 63.0 Å². The molecule has 1 aliphatic rings. The average Bonchev–Trinajstić information content (AvgIpc) is 2.49. The van der Waals surface area contributed by atoms with E-state index in [9.17, 15) is 4.79 Å². The Morgan fingerprint density at radius 3 is 2.81 bits per heavy atom. The van der Waals surface area contributed by atoms with E-state index in [0.29, 0.717) is 12.5 Å². The van der Waals surface area contributed by atoms with Crippen LogP contribution in [-0.4, -0.2) is 36.9 Å². The normalized spacial score (nSPS) is 17.0. The molecule has 0 spiro atoms. The Labute approximate surface area is 132 Å². The van der Waals surface area contributed by atoms with Crippen LogP contribution in [0.2, 0.25) is 5.02 Å². The first-order chi connectivity index (χ1) is 10.2. The highest BCUT2D eigenvalue weighted by Crippen LogP contribution is 2.19. The number of aryl methyl sites for hydroxylation is 1. The van der Waals surface area contributed by atoms with Crippen molar-refractivity contribution in [3.05, 3.63) is 34.3 Å². The molecule has 0 unspecified atom stereocenters. The summed E-state index contributed by atoms with van der Waals surface area (Å²) in [7, 11) is 0. The topological polar surface area (TPSA) is 32.3 Å². The summed E-state index contributed by atoms with van der Waals surface area (Å²) in [6, 6.07) is 6.92. The lowest BCUT2D eigenvalue weighted by Crippen LogP contribution is -2.42. The van der Waals surface area contributed by atoms with Gasteiger partial charge in [-0.25, -0.2) is 0 Å². The number of aldehydes is 1. The number of halogens is 1. The first kappa shape index (κ1) is 16.5. The summed E-state index contributed by atoms with van der Waals surface area (Å²) in [5.41, 5.74) is 2.50. The van der Waals surface area contributed by atoms with Crippen LogP contribution in [0.3, 0.4) is 0 Å². The number of piperidine rings is 1. The SMILES string of the molecule is Cc1cc(CN2CCC(NCCCC=O)CC2)ccc1Cl. The third-order valence-corrected chi connectivity index (χ3v) is 4.57. The van der Waals surface area contributed by atoms with Gasteiger partial charge in [0.2, 0.25) is 0 Å². The van der Waals surface area contributed by atoms with Gasteiger partial charge in [-0.3, -0.25) is 4.90 Å². The molecule has 0 bridgehead atoms. The second-order valence-electron chi connectivity index (χ2n) is 5.90. The van der Waals surface area contributed by atoms with Crippen LogP contribution in [0.25, 0.3) is 0 Å². The lowest BCUT2D eigenvalue weighted by molar-refractivity contribution is -0.107. The summed E-state index contributed by atoms with van der Waals surface area (Å²) in [4.78, 5) is 12.8. The van der Waals surface area contributed by atoms with Gasteiger partial charge in [0, 0.05) is 24.0 Å². The highest BCUT2D eigenvalue weighted by molar-refractivity contribution is 6.31. The van der Waals surface area contributed by atoms with Gasteiger partial charge in [0.1, 0.15) is 6.29 Å². The predicted octanol–water partition coefficient (Wildman–Crippen LogP) is 3.18. The van der Waals surface area contributed by atoms with Gasteiger partial charge >= 0.3 is 0 Å². The Kier molecular flexibility index (Phi) is 6.68. The van der Waals surface area contributed by atoms with E-state index in [2.05, 4.69) is 29.3 Å². The number of rotatable bonds is 7. The van der Waals surface area contributed by atoms with E-state index in [1.165, 1.54) is 18.4 Å². The number of hydrogen-bond donors (Lipinski definition) is 1. The van der Waals surface area contributed by atoms with Gasteiger partial charge in [-0.2, -0.15) is 0 Å². The zero-order chi connectivity index (χ0) is 15.1. The van der Waals surface area contributed by atoms with E-state index in [4.69, 9.17) is 11.6 Å². The maximum absolute atomic E-state index is 10.3. The zero-order valence-electron chi connectivity index (χ0n) is 12.8. The molecule has 1 fully saturated rings. The van der Waals surface area contributed by atoms with Crippen LogP contribution >= 0.6 is 11.6 Å². The monoisotopic (exact) mass is 308 g/mol. The first-order valence-electron chi connectivity index (χ1n) is 7.83. The van der Waals surface area contributed by atoms with E-state index in [0.717, 1.165) is 49.5 Å². The molecule has 0 saturated carbocycles. The van der Waals surface area contributed by atoms with Gasteiger partial charge in [-0.15, -0.1) is 0 Å². The van der Waals surface area contributed by atoms with E-state index >= 15 is 0 Å². The van der Waals surface area contributed by atoms with Gasteiger partial charge < -0.3 is 10.1 Å². The van der Waals surface area contributed by atoms with Crippen molar-refractivity contribution in [1.82, 2.24) is 10.2 Å². The molecule has 1 N–H and O–H groups in total. The van der Waals surface area contributed by atoms with Crippen molar-refractivity contribution in [2.45, 2.75) is 45.2 Å². The Bertz CT molecular complexity index is 456. The maximum Gasteiger partial charge on any atom is 0.120 e. The van der Waals surface area contributed by atoms with E-state index < -0.39 is 0 Å². The van der Waals surface area contributed by atoms with Gasteiger partial charge in [0.25, 0.3) is 0 Å². The van der Waals surface area contributed by atoms with Gasteiger partial charge in [-0.1, -0.05) is 23.7 Å². The number of nitrogens with one attached hydrogen (secondary N) is 1. The summed E-state index contributed by atoms with van der Waals surface area (Å²) < 4.78 is 0. The molecule has 1 heterocycles. The number of unbranched alkanes of at least 4 members (excludes halogenated alkanes) is 1. The van der Waals surface area contributed by atoms with Crippen LogP contribution in [0.4, 0.5) is 0 Å². The van der Waals surface area contributed by atoms with E-state index in [-0.39, 0.29) is 0 Å². The van der Waals surface area contributed by atoms with Crippen molar-refractivity contribution in [3.8, 4) is 0 Å². The molecule has 0 amide bonds. The fourth-order valence-corrected chi connectivity index (χ4v) is 2.97. The van der Waals surface area contributed by atoms with Crippen LogP contribution in [0.1, 0.15) is 36.8 Å². The molecule has 0 aromatic heterocycles. The number of carbonyl (C=O) groups excluding carboxylic acids is 1. The maximum atomic E-state index is 10.3. The van der Waals surface area contributed by atoms with Crippen molar-refractivity contribution in [2.75, 3.05) is 19.6 Å². The Morgan fingerprint density at radius 2 is 2.14 bits per heavy atom. The molecule has 2 rings (SSSR count). The molecule has 4 heteroatoms. The van der Waals surface area contributed by atoms with Crippen molar-refractivity contribution in [1.29, 1.82) is 0 Å². The molecule has 21 heavy (non-hydrogen) atoms. The van der Waals surface area contributed by atoms with E-state index in [1.807, 2.05) is 6.07 Å². The lowest BCUT2D eigenvalue weighted by Gasteiger charge is -2.32. The minimum absolute atomic E-state index is 0.611. The smallest absolute Gasteiger partial charge is 0.120 e. The summed E-state index contributed by atoms with van der Waals surface area (Å²) in [6.07, 6.45) is 5.00. The molecule has 116 valence electrons. The Morgan fingerprint density at radius 1 is 1.38 bits per heavy atom. The summed E-state index contributed by atoms with van der Waals surface area (Å²) in [5, 5.41) is 4.40. The van der Waals surface area contributed by atoms with Crippen molar-refractivity contribution >= 4 is 17.9 Å². The zero-order valence-corrected chi connectivity index (χ0v) is 13.5. The molecule has 1 aromatic rings. The summed E-state index contributed by atoms with van der Waals surface area (Å²) in [6.45, 7) is 6.29. The first-order valence-corrected chi connectivity index (χ1v) is 8.21. The highest BCUT2D eigenvalue weighted by atomic mass is 35.5. The number of likely N-dealkylation sites (tertiary alicyclic amines) is 1. The summed E-state index contributed by atoms with van der Waals surface area (Å²) >= 11 is 6.07. The summed E-state index contributed by atoms with van der Waals surface area (Å²) in [5.74, 6) is 0. The molecule has 0 radical (unpaired) electrons. The third kappa shape index (κ3) is 5.42. The predicted molar refractivity (Wildman–Crippen MR) is 87.8 cm³/mol. The van der Waals surface area contributed by atoms with Gasteiger partial charge in [0.15, 0.2) is 0 Å². The van der Waals surface area contributed by atoms with Crippen LogP contribution < -0.4 is 5.32 Å². The second-order valence-corrected chi connectivity index (χ2v) is 6.30. The lowest BCUT2D eigenvalue weighted by atomic mass is 10.0. The number of carbonyl (C=O) groups is 1. The van der Waals surface area contributed by atoms with Crippen LogP contribution in [0, 0.1) is 6.92 Å². The number of benzene rings is 1. The number of nitrogens with zero attached hydrogens (tertiary/aromatic N) is 1. The standard InChI is InChI=1S/C17H25ClN2O/c1-14-12-15(4-5-17(14)18)13-20-9-6-16(7-10-20)19-8-2-3-11-21/h4-5,11-12,16,19H,2-3,6-10,13H2,1H3. The molecular formula is C17H25ClN2O.